The van der Waals surface area contributed by atoms with Crippen LogP contribution >= 0.6 is 11.8 Å². The lowest BCUT2D eigenvalue weighted by Crippen LogP contribution is -2.58. The van der Waals surface area contributed by atoms with Crippen LogP contribution in [0.3, 0.4) is 0 Å². The molecule has 0 aromatic carbocycles. The summed E-state index contributed by atoms with van der Waals surface area (Å²) in [6.45, 7) is 9.06. The van der Waals surface area contributed by atoms with Crippen LogP contribution in [0.5, 0.6) is 0 Å². The summed E-state index contributed by atoms with van der Waals surface area (Å²) >= 11 is 2.09. The molecule has 2 saturated heterocycles. The summed E-state index contributed by atoms with van der Waals surface area (Å²) in [5, 5.41) is 4.37. The molecule has 2 aromatic heterocycles. The first-order valence-electron chi connectivity index (χ1n) is 9.06. The number of thioether (sulfide) groups is 1. The standard InChI is InChI=1S/C19H26N4OS/c1-3-23-10-16(8-20-23)9-22-13-19(14-22)7-18(12-25-19)24-11-17-6-4-5-15(2)21-17/h4-6,8,10,18H,3,7,9,11-14H2,1-2H3. The van der Waals surface area contributed by atoms with Gasteiger partial charge in [0.2, 0.25) is 0 Å². The average molecular weight is 359 g/mol. The third-order valence-corrected chi connectivity index (χ3v) is 6.60. The van der Waals surface area contributed by atoms with Crippen molar-refractivity contribution in [1.29, 1.82) is 0 Å². The number of hydrogen-bond donors (Lipinski definition) is 0. The van der Waals surface area contributed by atoms with Gasteiger partial charge in [-0.1, -0.05) is 6.07 Å². The van der Waals surface area contributed by atoms with Gasteiger partial charge in [-0.2, -0.15) is 5.10 Å². The van der Waals surface area contributed by atoms with Gasteiger partial charge in [0.25, 0.3) is 0 Å². The molecular weight excluding hydrogens is 332 g/mol. The molecule has 134 valence electrons. The Labute approximate surface area is 153 Å². The molecule has 1 atom stereocenters. The molecule has 1 unspecified atom stereocenters. The maximum absolute atomic E-state index is 6.13. The lowest BCUT2D eigenvalue weighted by atomic mass is 9.92. The Morgan fingerprint density at radius 1 is 1.36 bits per heavy atom. The lowest BCUT2D eigenvalue weighted by Gasteiger charge is -2.47. The van der Waals surface area contributed by atoms with Crippen molar-refractivity contribution in [1.82, 2.24) is 19.7 Å². The Balaban J connectivity index is 1.23. The highest BCUT2D eigenvalue weighted by Crippen LogP contribution is 2.46. The van der Waals surface area contributed by atoms with Gasteiger partial charge in [-0.05, 0) is 32.4 Å². The minimum atomic E-state index is 0.359. The first kappa shape index (κ1) is 17.1. The van der Waals surface area contributed by atoms with Crippen LogP contribution in [0.1, 0.15) is 30.3 Å². The molecule has 0 aliphatic carbocycles. The highest BCUT2D eigenvalue weighted by Gasteiger charge is 2.49. The molecule has 5 nitrogen and oxygen atoms in total. The molecule has 0 saturated carbocycles. The number of aryl methyl sites for hydroxylation is 2. The summed E-state index contributed by atoms with van der Waals surface area (Å²) in [7, 11) is 0. The van der Waals surface area contributed by atoms with Crippen LogP contribution in [0.25, 0.3) is 0 Å². The van der Waals surface area contributed by atoms with Crippen molar-refractivity contribution in [2.24, 2.45) is 0 Å². The van der Waals surface area contributed by atoms with Gasteiger partial charge < -0.3 is 4.74 Å². The zero-order valence-corrected chi connectivity index (χ0v) is 15.8. The summed E-state index contributed by atoms with van der Waals surface area (Å²) in [4.78, 5) is 7.05. The molecule has 1 spiro atoms. The predicted octanol–water partition coefficient (Wildman–Crippen LogP) is 2.88. The number of likely N-dealkylation sites (tertiary alicyclic amines) is 1. The SMILES string of the molecule is CCn1cc(CN2CC3(CC(OCc4cccc(C)n4)CS3)C2)cn1. The van der Waals surface area contributed by atoms with Gasteiger partial charge in [0.1, 0.15) is 0 Å². The summed E-state index contributed by atoms with van der Waals surface area (Å²) < 4.78 is 8.54. The van der Waals surface area contributed by atoms with Crippen LogP contribution in [0.15, 0.2) is 30.6 Å². The van der Waals surface area contributed by atoms with Crippen LogP contribution in [0, 0.1) is 6.92 Å². The molecule has 6 heteroatoms. The topological polar surface area (TPSA) is 43.2 Å². The number of rotatable bonds is 6. The van der Waals surface area contributed by atoms with E-state index in [9.17, 15) is 0 Å². The Morgan fingerprint density at radius 2 is 2.24 bits per heavy atom. The molecule has 0 N–H and O–H groups in total. The molecule has 0 bridgehead atoms. The van der Waals surface area contributed by atoms with Crippen molar-refractivity contribution in [3.63, 3.8) is 0 Å². The van der Waals surface area contributed by atoms with E-state index in [1.54, 1.807) is 0 Å². The van der Waals surface area contributed by atoms with Gasteiger partial charge in [0, 0.05) is 54.1 Å². The average Bonchev–Trinajstić information content (AvgIpc) is 3.20. The largest absolute Gasteiger partial charge is 0.371 e. The number of nitrogens with zero attached hydrogens (tertiary/aromatic N) is 4. The maximum atomic E-state index is 6.13. The van der Waals surface area contributed by atoms with Gasteiger partial charge >= 0.3 is 0 Å². The van der Waals surface area contributed by atoms with Crippen LogP contribution in [-0.4, -0.2) is 49.4 Å². The fraction of sp³-hybridized carbons (Fsp3) is 0.579. The van der Waals surface area contributed by atoms with E-state index in [1.165, 1.54) is 5.56 Å². The third-order valence-electron chi connectivity index (χ3n) is 5.03. The summed E-state index contributed by atoms with van der Waals surface area (Å²) in [6.07, 6.45) is 5.68. The Kier molecular flexibility index (Phi) is 4.84. The molecule has 2 aliphatic heterocycles. The van der Waals surface area contributed by atoms with Gasteiger partial charge in [0.05, 0.1) is 24.6 Å². The van der Waals surface area contributed by atoms with Crippen molar-refractivity contribution in [2.75, 3.05) is 18.8 Å². The smallest absolute Gasteiger partial charge is 0.0892 e. The van der Waals surface area contributed by atoms with E-state index in [1.807, 2.05) is 29.9 Å². The molecular formula is C19H26N4OS. The summed E-state index contributed by atoms with van der Waals surface area (Å²) in [5.74, 6) is 1.10. The van der Waals surface area contributed by atoms with Crippen molar-refractivity contribution in [3.8, 4) is 0 Å². The van der Waals surface area contributed by atoms with Crippen LogP contribution in [0.2, 0.25) is 0 Å². The molecule has 25 heavy (non-hydrogen) atoms. The fourth-order valence-electron chi connectivity index (χ4n) is 3.81. The fourth-order valence-corrected chi connectivity index (χ4v) is 5.42. The van der Waals surface area contributed by atoms with Crippen LogP contribution < -0.4 is 0 Å². The Morgan fingerprint density at radius 3 is 3.00 bits per heavy atom. The van der Waals surface area contributed by atoms with E-state index in [0.717, 1.165) is 49.7 Å². The van der Waals surface area contributed by atoms with E-state index in [2.05, 4.69) is 45.9 Å². The van der Waals surface area contributed by atoms with E-state index >= 15 is 0 Å². The van der Waals surface area contributed by atoms with Crippen molar-refractivity contribution >= 4 is 11.8 Å². The van der Waals surface area contributed by atoms with Gasteiger partial charge in [-0.25, -0.2) is 0 Å². The Hall–Kier alpha value is -1.37. The van der Waals surface area contributed by atoms with Crippen molar-refractivity contribution in [3.05, 3.63) is 47.5 Å². The maximum Gasteiger partial charge on any atom is 0.0892 e. The highest BCUT2D eigenvalue weighted by molar-refractivity contribution is 8.01. The number of aromatic nitrogens is 3. The minimum Gasteiger partial charge on any atom is -0.371 e. The Bertz CT molecular complexity index is 726. The highest BCUT2D eigenvalue weighted by atomic mass is 32.2. The first-order chi connectivity index (χ1) is 12.1. The summed E-state index contributed by atoms with van der Waals surface area (Å²) in [6, 6.07) is 6.12. The minimum absolute atomic E-state index is 0.359. The number of pyridine rings is 1. The van der Waals surface area contributed by atoms with Crippen LogP contribution in [-0.2, 0) is 24.4 Å². The van der Waals surface area contributed by atoms with Crippen molar-refractivity contribution in [2.45, 2.75) is 50.8 Å². The molecule has 2 fully saturated rings. The summed E-state index contributed by atoms with van der Waals surface area (Å²) in [5.41, 5.74) is 3.41. The normalized spacial score (nSPS) is 22.4. The molecule has 0 amide bonds. The van der Waals surface area contributed by atoms with E-state index in [4.69, 9.17) is 4.74 Å². The van der Waals surface area contributed by atoms with E-state index in [0.29, 0.717) is 17.5 Å². The zero-order chi connectivity index (χ0) is 17.3. The van der Waals surface area contributed by atoms with Gasteiger partial charge in [-0.3, -0.25) is 14.6 Å². The van der Waals surface area contributed by atoms with Gasteiger partial charge in [-0.15, -0.1) is 11.8 Å². The molecule has 2 aromatic rings. The number of ether oxygens (including phenoxy) is 1. The van der Waals surface area contributed by atoms with Crippen LogP contribution in [0.4, 0.5) is 0 Å². The lowest BCUT2D eigenvalue weighted by molar-refractivity contribution is 0.0250. The molecule has 4 rings (SSSR count). The molecule has 2 aliphatic rings. The second-order valence-electron chi connectivity index (χ2n) is 7.25. The molecule has 4 heterocycles. The van der Waals surface area contributed by atoms with Crippen molar-refractivity contribution < 1.29 is 4.74 Å². The second-order valence-corrected chi connectivity index (χ2v) is 8.74. The van der Waals surface area contributed by atoms with E-state index < -0.39 is 0 Å². The monoisotopic (exact) mass is 358 g/mol. The van der Waals surface area contributed by atoms with Gasteiger partial charge in [0.15, 0.2) is 0 Å². The number of hydrogen-bond acceptors (Lipinski definition) is 5. The quantitative estimate of drug-likeness (QED) is 0.794. The third kappa shape index (κ3) is 3.91. The zero-order valence-electron chi connectivity index (χ0n) is 15.0. The molecule has 0 radical (unpaired) electrons. The van der Waals surface area contributed by atoms with E-state index in [-0.39, 0.29) is 0 Å². The first-order valence-corrected chi connectivity index (χ1v) is 10.0. The predicted molar refractivity (Wildman–Crippen MR) is 101 cm³/mol. The second kappa shape index (κ2) is 7.09.